The Morgan fingerprint density at radius 2 is 1.79 bits per heavy atom. The molecule has 0 aliphatic carbocycles. The molecule has 0 N–H and O–H groups in total. The first-order valence-electron chi connectivity index (χ1n) is 6.34. The number of hydrogen-bond acceptors (Lipinski definition) is 3. The molecule has 0 aliphatic heterocycles. The van der Waals surface area contributed by atoms with Crippen LogP contribution in [0.5, 0.6) is 0 Å². The third kappa shape index (κ3) is 4.99. The van der Waals surface area contributed by atoms with Crippen LogP contribution in [0, 0.1) is 0 Å². The van der Waals surface area contributed by atoms with E-state index in [1.165, 1.54) is 11.1 Å². The number of hydrogen-bond donors (Lipinski definition) is 0. The standard InChI is InChI=1S/C15H26FN3/c1-9-13(12(4)18(6)7)15(19(8)17-5)14(16)10-11(2)3/h9-10,12H,5H2,1-4,6-8H3/b13-9-,15-14-. The minimum absolute atomic E-state index is 0.0838. The largest absolute Gasteiger partial charge is 0.303 e. The molecule has 0 amide bonds. The summed E-state index contributed by atoms with van der Waals surface area (Å²) >= 11 is 0. The minimum Gasteiger partial charge on any atom is -0.303 e. The molecular formula is C15H26FN3. The van der Waals surface area contributed by atoms with Crippen LogP contribution in [0.4, 0.5) is 4.39 Å². The summed E-state index contributed by atoms with van der Waals surface area (Å²) in [6.45, 7) is 11.1. The molecule has 0 aliphatic rings. The fraction of sp³-hybridized carbons (Fsp3) is 0.533. The quantitative estimate of drug-likeness (QED) is 0.416. The third-order valence-corrected chi connectivity index (χ3v) is 2.99. The molecule has 0 fully saturated rings. The Hall–Kier alpha value is -1.42. The van der Waals surface area contributed by atoms with E-state index in [4.69, 9.17) is 0 Å². The Morgan fingerprint density at radius 1 is 1.26 bits per heavy atom. The van der Waals surface area contributed by atoms with Gasteiger partial charge in [0.1, 0.15) is 5.83 Å². The topological polar surface area (TPSA) is 18.8 Å². The van der Waals surface area contributed by atoms with Crippen LogP contribution in [-0.2, 0) is 0 Å². The van der Waals surface area contributed by atoms with Gasteiger partial charge in [-0.3, -0.25) is 5.01 Å². The number of allylic oxidation sites excluding steroid dienone is 4. The van der Waals surface area contributed by atoms with Crippen LogP contribution in [0.1, 0.15) is 27.7 Å². The highest BCUT2D eigenvalue weighted by Crippen LogP contribution is 2.25. The van der Waals surface area contributed by atoms with Gasteiger partial charge in [0.05, 0.1) is 5.70 Å². The maximum absolute atomic E-state index is 14.4. The lowest BCUT2D eigenvalue weighted by molar-refractivity contribution is 0.334. The van der Waals surface area contributed by atoms with E-state index in [1.54, 1.807) is 7.05 Å². The number of hydrazone groups is 1. The molecule has 0 radical (unpaired) electrons. The lowest BCUT2D eigenvalue weighted by Crippen LogP contribution is -2.30. The second-order valence-electron chi connectivity index (χ2n) is 4.97. The van der Waals surface area contributed by atoms with Gasteiger partial charge in [-0.25, -0.2) is 4.39 Å². The number of likely N-dealkylation sites (N-methyl/N-ethyl adjacent to an activating group) is 2. The average Bonchev–Trinajstić information content (AvgIpc) is 2.32. The van der Waals surface area contributed by atoms with Crippen LogP contribution < -0.4 is 0 Å². The molecule has 0 rings (SSSR count). The van der Waals surface area contributed by atoms with Crippen molar-refractivity contribution >= 4 is 6.72 Å². The summed E-state index contributed by atoms with van der Waals surface area (Å²) in [4.78, 5) is 2.03. The van der Waals surface area contributed by atoms with Crippen LogP contribution in [0.25, 0.3) is 0 Å². The first-order valence-corrected chi connectivity index (χ1v) is 6.34. The van der Waals surface area contributed by atoms with Crippen molar-refractivity contribution in [2.45, 2.75) is 33.7 Å². The minimum atomic E-state index is -0.295. The number of nitrogens with zero attached hydrogens (tertiary/aromatic N) is 3. The summed E-state index contributed by atoms with van der Waals surface area (Å²) in [5.74, 6) is -0.295. The normalized spacial score (nSPS) is 14.9. The van der Waals surface area contributed by atoms with E-state index in [1.807, 2.05) is 52.8 Å². The van der Waals surface area contributed by atoms with Crippen molar-refractivity contribution in [1.29, 1.82) is 0 Å². The highest BCUT2D eigenvalue weighted by molar-refractivity contribution is 5.40. The van der Waals surface area contributed by atoms with E-state index < -0.39 is 0 Å². The molecule has 0 spiro atoms. The molecule has 0 aromatic heterocycles. The van der Waals surface area contributed by atoms with Gasteiger partial charge in [0, 0.05) is 19.8 Å². The zero-order valence-corrected chi connectivity index (χ0v) is 13.2. The van der Waals surface area contributed by atoms with Gasteiger partial charge < -0.3 is 4.90 Å². The van der Waals surface area contributed by atoms with Gasteiger partial charge in [0.2, 0.25) is 0 Å². The van der Waals surface area contributed by atoms with Gasteiger partial charge in [-0.1, -0.05) is 11.6 Å². The maximum Gasteiger partial charge on any atom is 0.148 e. The second-order valence-corrected chi connectivity index (χ2v) is 4.97. The van der Waals surface area contributed by atoms with Gasteiger partial charge in [0.15, 0.2) is 0 Å². The smallest absolute Gasteiger partial charge is 0.148 e. The lowest BCUT2D eigenvalue weighted by Gasteiger charge is -2.28. The van der Waals surface area contributed by atoms with Crippen molar-refractivity contribution in [3.63, 3.8) is 0 Å². The molecule has 0 aromatic rings. The van der Waals surface area contributed by atoms with Crippen LogP contribution in [0.15, 0.2) is 39.9 Å². The predicted molar refractivity (Wildman–Crippen MR) is 81.8 cm³/mol. The highest BCUT2D eigenvalue weighted by atomic mass is 19.1. The van der Waals surface area contributed by atoms with Crippen molar-refractivity contribution in [3.05, 3.63) is 34.8 Å². The molecule has 1 unspecified atom stereocenters. The molecule has 0 heterocycles. The fourth-order valence-corrected chi connectivity index (χ4v) is 1.73. The third-order valence-electron chi connectivity index (χ3n) is 2.99. The van der Waals surface area contributed by atoms with Gasteiger partial charge >= 0.3 is 0 Å². The summed E-state index contributed by atoms with van der Waals surface area (Å²) in [5.41, 5.74) is 2.25. The molecule has 0 saturated heterocycles. The SMILES string of the molecule is C=NN(C)C(/C(=C\C)C(C)N(C)C)=C(\F)C=C(C)C. The van der Waals surface area contributed by atoms with Gasteiger partial charge in [-0.05, 0) is 53.4 Å². The van der Waals surface area contributed by atoms with E-state index in [2.05, 4.69) is 11.8 Å². The van der Waals surface area contributed by atoms with Gasteiger partial charge in [0.25, 0.3) is 0 Å². The predicted octanol–water partition coefficient (Wildman–Crippen LogP) is 3.58. The van der Waals surface area contributed by atoms with Gasteiger partial charge in [-0.15, -0.1) is 0 Å². The lowest BCUT2D eigenvalue weighted by atomic mass is 10.0. The van der Waals surface area contributed by atoms with Gasteiger partial charge in [-0.2, -0.15) is 5.10 Å². The summed E-state index contributed by atoms with van der Waals surface area (Å²) in [6.07, 6.45) is 3.43. The molecule has 0 saturated carbocycles. The highest BCUT2D eigenvalue weighted by Gasteiger charge is 2.21. The van der Waals surface area contributed by atoms with Crippen LogP contribution in [0.3, 0.4) is 0 Å². The van der Waals surface area contributed by atoms with E-state index in [0.717, 1.165) is 11.1 Å². The Balaban J connectivity index is 5.87. The molecule has 1 atom stereocenters. The van der Waals surface area contributed by atoms with Crippen molar-refractivity contribution in [2.75, 3.05) is 21.1 Å². The molecule has 19 heavy (non-hydrogen) atoms. The van der Waals surface area contributed by atoms with Crippen molar-refractivity contribution in [1.82, 2.24) is 9.91 Å². The molecule has 0 aromatic carbocycles. The molecule has 3 nitrogen and oxygen atoms in total. The fourth-order valence-electron chi connectivity index (χ4n) is 1.73. The summed E-state index contributed by atoms with van der Waals surface area (Å²) in [5, 5.41) is 5.30. The zero-order valence-electron chi connectivity index (χ0n) is 13.2. The van der Waals surface area contributed by atoms with E-state index in [0.29, 0.717) is 5.70 Å². The first-order chi connectivity index (χ1) is 8.76. The summed E-state index contributed by atoms with van der Waals surface area (Å²) in [6, 6.07) is 0.0838. The van der Waals surface area contributed by atoms with Crippen LogP contribution in [-0.4, -0.2) is 43.8 Å². The van der Waals surface area contributed by atoms with Crippen molar-refractivity contribution in [2.24, 2.45) is 5.10 Å². The van der Waals surface area contributed by atoms with Crippen molar-refractivity contribution in [3.8, 4) is 0 Å². The molecule has 0 bridgehead atoms. The van der Waals surface area contributed by atoms with Crippen molar-refractivity contribution < 1.29 is 4.39 Å². The van der Waals surface area contributed by atoms with E-state index in [9.17, 15) is 4.39 Å². The summed E-state index contributed by atoms with van der Waals surface area (Å²) < 4.78 is 14.4. The van der Waals surface area contributed by atoms with Crippen LogP contribution in [0.2, 0.25) is 0 Å². The number of rotatable bonds is 6. The average molecular weight is 267 g/mol. The second kappa shape index (κ2) is 7.89. The molecule has 108 valence electrons. The molecular weight excluding hydrogens is 241 g/mol. The maximum atomic E-state index is 14.4. The Kier molecular flexibility index (Phi) is 7.30. The zero-order chi connectivity index (χ0) is 15.2. The Labute approximate surface area is 116 Å². The Morgan fingerprint density at radius 3 is 2.11 bits per heavy atom. The monoisotopic (exact) mass is 267 g/mol. The molecule has 4 heteroatoms. The van der Waals surface area contributed by atoms with Crippen LogP contribution >= 0.6 is 0 Å². The van der Waals surface area contributed by atoms with E-state index >= 15 is 0 Å². The first kappa shape index (κ1) is 17.6. The number of halogens is 1. The summed E-state index contributed by atoms with van der Waals surface area (Å²) in [7, 11) is 5.63. The van der Waals surface area contributed by atoms with E-state index in [-0.39, 0.29) is 11.9 Å². The Bertz CT molecular complexity index is 402.